The molecule has 1 aromatic heterocycles. The highest BCUT2D eigenvalue weighted by atomic mass is 15.0. The smallest absolute Gasteiger partial charge is 0.220 e. The molecule has 4 heteroatoms. The topological polar surface area (TPSA) is 64.2 Å². The van der Waals surface area contributed by atoms with Crippen LogP contribution in [-0.2, 0) is 0 Å². The van der Waals surface area contributed by atoms with Crippen molar-refractivity contribution in [3.05, 3.63) is 24.0 Å². The molecule has 1 aromatic rings. The fourth-order valence-electron chi connectivity index (χ4n) is 0.962. The lowest BCUT2D eigenvalue weighted by atomic mass is 10.2. The van der Waals surface area contributed by atoms with Crippen LogP contribution in [0.5, 0.6) is 0 Å². The predicted octanol–water partition coefficient (Wildman–Crippen LogP) is 2.19. The molecule has 0 spiro atoms. The maximum Gasteiger partial charge on any atom is 0.220 e. The number of hydrogen-bond acceptors (Lipinski definition) is 4. The monoisotopic (exact) mass is 206 g/mol. The molecule has 0 aliphatic rings. The first-order valence-corrected chi connectivity index (χ1v) is 4.95. The van der Waals surface area contributed by atoms with Crippen LogP contribution in [0.1, 0.15) is 26.5 Å². The molecule has 2 N–H and O–H groups in total. The van der Waals surface area contributed by atoms with E-state index in [1.165, 1.54) is 0 Å². The van der Waals surface area contributed by atoms with E-state index in [2.05, 4.69) is 15.0 Å². The van der Waals surface area contributed by atoms with Crippen molar-refractivity contribution in [3.63, 3.8) is 0 Å². The molecule has 0 fully saturated rings. The summed E-state index contributed by atoms with van der Waals surface area (Å²) in [6.07, 6.45) is 5.29. The van der Waals surface area contributed by atoms with Gasteiger partial charge < -0.3 is 5.73 Å². The zero-order valence-corrected chi connectivity index (χ0v) is 9.73. The first-order chi connectivity index (χ1) is 7.27. The highest BCUT2D eigenvalue weighted by Gasteiger charge is 1.99. The maximum absolute atomic E-state index is 5.45. The summed E-state index contributed by atoms with van der Waals surface area (Å²) in [5, 5.41) is 0. The number of rotatable bonds is 2. The summed E-state index contributed by atoms with van der Waals surface area (Å²) < 4.78 is 0. The van der Waals surface area contributed by atoms with Gasteiger partial charge >= 0.3 is 0 Å². The van der Waals surface area contributed by atoms with E-state index in [9.17, 15) is 0 Å². The summed E-state index contributed by atoms with van der Waals surface area (Å²) in [5.41, 5.74) is 7.19. The van der Waals surface area contributed by atoms with Crippen LogP contribution in [0.15, 0.2) is 23.3 Å². The lowest BCUT2D eigenvalue weighted by molar-refractivity contribution is 1.16. The number of aliphatic imine (C=N–C) groups is 1. The normalized spacial score (nSPS) is 11.1. The van der Waals surface area contributed by atoms with Crippen molar-refractivity contribution in [2.75, 3.05) is 12.8 Å². The lowest BCUT2D eigenvalue weighted by Crippen LogP contribution is -1.98. The first-order valence-electron chi connectivity index (χ1n) is 4.95. The Balaban J connectivity index is 0.000000921. The quantitative estimate of drug-likeness (QED) is 0.754. The minimum absolute atomic E-state index is 0.279. The molecule has 0 saturated carbocycles. The Bertz CT molecular complexity index is 342. The van der Waals surface area contributed by atoms with Crippen molar-refractivity contribution in [1.82, 2.24) is 9.97 Å². The van der Waals surface area contributed by atoms with E-state index in [-0.39, 0.29) is 5.95 Å². The minimum atomic E-state index is 0.279. The molecule has 4 nitrogen and oxygen atoms in total. The number of nitrogen functional groups attached to an aromatic ring is 1. The third-order valence-corrected chi connectivity index (χ3v) is 1.55. The molecule has 15 heavy (non-hydrogen) atoms. The fraction of sp³-hybridized carbons (Fsp3) is 0.364. The van der Waals surface area contributed by atoms with Gasteiger partial charge in [-0.3, -0.25) is 4.99 Å². The second kappa shape index (κ2) is 7.67. The maximum atomic E-state index is 5.45. The van der Waals surface area contributed by atoms with Gasteiger partial charge in [0.1, 0.15) is 0 Å². The second-order valence-electron chi connectivity index (χ2n) is 2.43. The molecular weight excluding hydrogens is 188 g/mol. The molecule has 0 saturated heterocycles. The molecular formula is C11H18N4. The summed E-state index contributed by atoms with van der Waals surface area (Å²) in [7, 11) is 1.72. The number of nitrogens with two attached hydrogens (primary N) is 1. The number of nitrogens with zero attached hydrogens (tertiary/aromatic N) is 3. The van der Waals surface area contributed by atoms with Gasteiger partial charge in [0.2, 0.25) is 5.95 Å². The Labute approximate surface area is 91.0 Å². The number of hydrogen-bond donors (Lipinski definition) is 1. The van der Waals surface area contributed by atoms with Crippen molar-refractivity contribution >= 4 is 17.7 Å². The molecule has 0 bridgehead atoms. The van der Waals surface area contributed by atoms with Gasteiger partial charge in [0.15, 0.2) is 0 Å². The molecule has 0 atom stereocenters. The minimum Gasteiger partial charge on any atom is -0.368 e. The summed E-state index contributed by atoms with van der Waals surface area (Å²) in [4.78, 5) is 11.8. The Morgan fingerprint density at radius 2 is 2.13 bits per heavy atom. The summed E-state index contributed by atoms with van der Waals surface area (Å²) in [5.74, 6) is 0.279. The molecule has 0 unspecified atom stereocenters. The summed E-state index contributed by atoms with van der Waals surface area (Å²) in [6.45, 7) is 5.93. The standard InChI is InChI=1S/C9H12N4.C2H6/c1-3-7(6-11-2)8-4-5-12-9(10)13-8;1-2/h3-6H,1-2H3,(H2,10,12,13);1-2H3/b7-3+,11-6?;. The van der Waals surface area contributed by atoms with Crippen LogP contribution in [0, 0.1) is 0 Å². The average molecular weight is 206 g/mol. The van der Waals surface area contributed by atoms with E-state index in [1.807, 2.05) is 26.8 Å². The van der Waals surface area contributed by atoms with E-state index in [0.29, 0.717) is 0 Å². The van der Waals surface area contributed by atoms with Crippen molar-refractivity contribution in [2.24, 2.45) is 4.99 Å². The molecule has 0 amide bonds. The van der Waals surface area contributed by atoms with Crippen molar-refractivity contribution in [2.45, 2.75) is 20.8 Å². The van der Waals surface area contributed by atoms with Crippen molar-refractivity contribution < 1.29 is 0 Å². The zero-order valence-electron chi connectivity index (χ0n) is 9.73. The van der Waals surface area contributed by atoms with E-state index in [0.717, 1.165) is 11.3 Å². The van der Waals surface area contributed by atoms with Crippen LogP contribution in [-0.4, -0.2) is 23.2 Å². The Morgan fingerprint density at radius 1 is 1.47 bits per heavy atom. The highest BCUT2D eigenvalue weighted by molar-refractivity contribution is 6.08. The van der Waals surface area contributed by atoms with E-state index < -0.39 is 0 Å². The van der Waals surface area contributed by atoms with Crippen LogP contribution in [0.3, 0.4) is 0 Å². The highest BCUT2D eigenvalue weighted by Crippen LogP contribution is 2.08. The number of allylic oxidation sites excluding steroid dienone is 2. The molecule has 0 aliphatic carbocycles. The van der Waals surface area contributed by atoms with Gasteiger partial charge in [-0.2, -0.15) is 0 Å². The SMILES string of the molecule is C/C=C(\C=NC)c1ccnc(N)n1.CC. The van der Waals surface area contributed by atoms with E-state index >= 15 is 0 Å². The molecule has 0 aromatic carbocycles. The predicted molar refractivity (Wildman–Crippen MR) is 65.9 cm³/mol. The van der Waals surface area contributed by atoms with Crippen molar-refractivity contribution in [1.29, 1.82) is 0 Å². The van der Waals surface area contributed by atoms with Crippen LogP contribution < -0.4 is 5.73 Å². The molecule has 1 rings (SSSR count). The molecule has 0 radical (unpaired) electrons. The number of anilines is 1. The second-order valence-corrected chi connectivity index (χ2v) is 2.43. The van der Waals surface area contributed by atoms with Gasteiger partial charge in [-0.15, -0.1) is 0 Å². The Kier molecular flexibility index (Phi) is 6.80. The molecule has 1 heterocycles. The third kappa shape index (κ3) is 4.35. The Morgan fingerprint density at radius 3 is 2.60 bits per heavy atom. The van der Waals surface area contributed by atoms with Gasteiger partial charge in [-0.1, -0.05) is 19.9 Å². The summed E-state index contributed by atoms with van der Waals surface area (Å²) >= 11 is 0. The van der Waals surface area contributed by atoms with Crippen LogP contribution in [0.4, 0.5) is 5.95 Å². The largest absolute Gasteiger partial charge is 0.368 e. The van der Waals surface area contributed by atoms with Crippen LogP contribution >= 0.6 is 0 Å². The van der Waals surface area contributed by atoms with Gasteiger partial charge in [0, 0.05) is 25.0 Å². The van der Waals surface area contributed by atoms with E-state index in [4.69, 9.17) is 5.73 Å². The van der Waals surface area contributed by atoms with Gasteiger partial charge in [-0.05, 0) is 13.0 Å². The first kappa shape index (κ1) is 13.3. The summed E-state index contributed by atoms with van der Waals surface area (Å²) in [6, 6.07) is 1.80. The molecule has 82 valence electrons. The van der Waals surface area contributed by atoms with E-state index in [1.54, 1.807) is 25.5 Å². The van der Waals surface area contributed by atoms with Crippen LogP contribution in [0.2, 0.25) is 0 Å². The lowest BCUT2D eigenvalue weighted by Gasteiger charge is -1.99. The number of aromatic nitrogens is 2. The van der Waals surface area contributed by atoms with Gasteiger partial charge in [0.25, 0.3) is 0 Å². The van der Waals surface area contributed by atoms with Crippen molar-refractivity contribution in [3.8, 4) is 0 Å². The zero-order chi connectivity index (χ0) is 11.7. The Hall–Kier alpha value is -1.71. The average Bonchev–Trinajstić information content (AvgIpc) is 2.28. The molecule has 0 aliphatic heterocycles. The van der Waals surface area contributed by atoms with Gasteiger partial charge in [-0.25, -0.2) is 9.97 Å². The fourth-order valence-corrected chi connectivity index (χ4v) is 0.962. The third-order valence-electron chi connectivity index (χ3n) is 1.55. The van der Waals surface area contributed by atoms with Crippen LogP contribution in [0.25, 0.3) is 5.57 Å². The van der Waals surface area contributed by atoms with Gasteiger partial charge in [0.05, 0.1) is 5.69 Å².